The third-order valence-corrected chi connectivity index (χ3v) is 9.25. The number of hydrogen-bond donors (Lipinski definition) is 1. The van der Waals surface area contributed by atoms with E-state index in [9.17, 15) is 14.4 Å². The van der Waals surface area contributed by atoms with Crippen molar-refractivity contribution < 1.29 is 23.9 Å². The van der Waals surface area contributed by atoms with Crippen LogP contribution in [0.1, 0.15) is 24.2 Å². The molecule has 2 fully saturated rings. The molecule has 3 unspecified atom stereocenters. The average molecular weight is 596 g/mol. The van der Waals surface area contributed by atoms with Crippen LogP contribution in [-0.4, -0.2) is 56.8 Å². The maximum absolute atomic E-state index is 13.7. The second-order valence-electron chi connectivity index (χ2n) is 9.41. The Bertz CT molecular complexity index is 1250. The molecule has 1 N–H and O–H groups in total. The number of thioether (sulfide) groups is 1. The van der Waals surface area contributed by atoms with E-state index in [0.717, 1.165) is 11.1 Å². The van der Waals surface area contributed by atoms with Gasteiger partial charge in [-0.05, 0) is 30.2 Å². The van der Waals surface area contributed by atoms with E-state index in [4.69, 9.17) is 9.47 Å². The predicted octanol–water partition coefficient (Wildman–Crippen LogP) is 4.32. The molecule has 5 rings (SSSR count). The van der Waals surface area contributed by atoms with Gasteiger partial charge in [0.1, 0.15) is 23.2 Å². The van der Waals surface area contributed by atoms with Gasteiger partial charge in [-0.1, -0.05) is 94.8 Å². The fourth-order valence-electron chi connectivity index (χ4n) is 4.69. The molecular formula is C29H27BrN2O5S. The summed E-state index contributed by atoms with van der Waals surface area (Å²) < 4.78 is 10.9. The van der Waals surface area contributed by atoms with Gasteiger partial charge in [-0.2, -0.15) is 0 Å². The van der Waals surface area contributed by atoms with Gasteiger partial charge >= 0.3 is 5.97 Å². The van der Waals surface area contributed by atoms with Crippen LogP contribution in [0.5, 0.6) is 5.75 Å². The van der Waals surface area contributed by atoms with Gasteiger partial charge in [0.2, 0.25) is 5.91 Å². The number of alkyl halides is 1. The number of hydrogen-bond acceptors (Lipinski definition) is 6. The molecule has 0 aliphatic carbocycles. The van der Waals surface area contributed by atoms with Crippen LogP contribution in [0, 0.1) is 0 Å². The number of carbonyl (C=O) groups is 3. The molecule has 0 saturated carbocycles. The van der Waals surface area contributed by atoms with Crippen molar-refractivity contribution in [3.8, 4) is 5.75 Å². The Morgan fingerprint density at radius 3 is 2.13 bits per heavy atom. The molecule has 3 aromatic carbocycles. The van der Waals surface area contributed by atoms with Crippen molar-refractivity contribution >= 4 is 45.5 Å². The molecule has 9 heteroatoms. The number of nitrogens with one attached hydrogen (secondary N) is 1. The second-order valence-corrected chi connectivity index (χ2v) is 12.3. The molecule has 38 heavy (non-hydrogen) atoms. The SMILES string of the molecule is CC1(Br)CS[C@H]2C(NC(=O)COc3ccccc3)C(=O)N2C1C(=O)OC(c1ccccc1)c1ccccc1. The van der Waals surface area contributed by atoms with Crippen molar-refractivity contribution in [2.24, 2.45) is 0 Å². The van der Waals surface area contributed by atoms with Gasteiger partial charge in [0.25, 0.3) is 5.91 Å². The highest BCUT2D eigenvalue weighted by molar-refractivity contribution is 9.10. The Labute approximate surface area is 234 Å². The van der Waals surface area contributed by atoms with Crippen molar-refractivity contribution in [3.63, 3.8) is 0 Å². The van der Waals surface area contributed by atoms with Gasteiger partial charge in [-0.3, -0.25) is 9.59 Å². The normalized spacial score (nSPS) is 24.2. The largest absolute Gasteiger partial charge is 0.484 e. The zero-order chi connectivity index (χ0) is 26.7. The van der Waals surface area contributed by atoms with Crippen molar-refractivity contribution in [3.05, 3.63) is 102 Å². The van der Waals surface area contributed by atoms with Crippen molar-refractivity contribution in [1.82, 2.24) is 10.2 Å². The lowest BCUT2D eigenvalue weighted by Crippen LogP contribution is -2.78. The Kier molecular flexibility index (Phi) is 7.76. The van der Waals surface area contributed by atoms with E-state index in [0.29, 0.717) is 11.5 Å². The zero-order valence-corrected chi connectivity index (χ0v) is 23.1. The van der Waals surface area contributed by atoms with E-state index in [1.165, 1.54) is 16.7 Å². The number of esters is 1. The monoisotopic (exact) mass is 594 g/mol. The van der Waals surface area contributed by atoms with Crippen LogP contribution in [0.25, 0.3) is 0 Å². The highest BCUT2D eigenvalue weighted by Crippen LogP contribution is 2.46. The number of β-lactam (4-membered cyclic amide) rings is 1. The number of carbonyl (C=O) groups excluding carboxylic acids is 3. The van der Waals surface area contributed by atoms with Crippen LogP contribution in [0.2, 0.25) is 0 Å². The summed E-state index contributed by atoms with van der Waals surface area (Å²) in [4.78, 5) is 41.0. The average Bonchev–Trinajstić information content (AvgIpc) is 2.94. The highest BCUT2D eigenvalue weighted by Gasteiger charge is 2.61. The minimum atomic E-state index is -0.857. The first-order valence-electron chi connectivity index (χ1n) is 12.3. The van der Waals surface area contributed by atoms with E-state index in [-0.39, 0.29) is 17.9 Å². The standard InChI is InChI=1S/C29H27BrN2O5S/c1-29(30)18-38-27-23(31-22(33)17-36-21-15-9-4-10-16-21)26(34)32(27)25(29)28(35)37-24(19-11-5-2-6-12-19)20-13-7-3-8-14-20/h2-16,23-25,27H,17-18H2,1H3,(H,31,33)/t23?,25?,27-,29?/m0/s1. The van der Waals surface area contributed by atoms with E-state index in [1.807, 2.05) is 85.8 Å². The quantitative estimate of drug-likeness (QED) is 0.237. The van der Waals surface area contributed by atoms with E-state index in [1.54, 1.807) is 12.1 Å². The molecule has 0 spiro atoms. The molecular weight excluding hydrogens is 568 g/mol. The number of benzene rings is 3. The number of para-hydroxylation sites is 1. The molecule has 2 heterocycles. The molecule has 0 bridgehead atoms. The van der Waals surface area contributed by atoms with Gasteiger partial charge < -0.3 is 19.7 Å². The minimum absolute atomic E-state index is 0.206. The molecule has 2 aliphatic heterocycles. The fraction of sp³-hybridized carbons (Fsp3) is 0.276. The number of halogens is 1. The second kappa shape index (κ2) is 11.2. The van der Waals surface area contributed by atoms with Gasteiger partial charge in [0.15, 0.2) is 12.7 Å². The molecule has 0 aromatic heterocycles. The van der Waals surface area contributed by atoms with Gasteiger partial charge in [0, 0.05) is 5.75 Å². The third kappa shape index (κ3) is 5.44. The van der Waals surface area contributed by atoms with Crippen LogP contribution in [-0.2, 0) is 19.1 Å². The van der Waals surface area contributed by atoms with Crippen LogP contribution in [0.3, 0.4) is 0 Å². The number of amides is 2. The molecule has 7 nitrogen and oxygen atoms in total. The summed E-state index contributed by atoms with van der Waals surface area (Å²) in [5, 5.41) is 2.39. The van der Waals surface area contributed by atoms with Gasteiger partial charge in [-0.25, -0.2) is 4.79 Å². The van der Waals surface area contributed by atoms with E-state index >= 15 is 0 Å². The molecule has 2 aliphatic rings. The highest BCUT2D eigenvalue weighted by atomic mass is 79.9. The minimum Gasteiger partial charge on any atom is -0.484 e. The van der Waals surface area contributed by atoms with Crippen molar-refractivity contribution in [1.29, 1.82) is 0 Å². The van der Waals surface area contributed by atoms with Crippen LogP contribution in [0.4, 0.5) is 0 Å². The molecule has 196 valence electrons. The predicted molar refractivity (Wildman–Crippen MR) is 149 cm³/mol. The Balaban J connectivity index is 1.30. The summed E-state index contributed by atoms with van der Waals surface area (Å²) >= 11 is 5.21. The van der Waals surface area contributed by atoms with Crippen LogP contribution in [0.15, 0.2) is 91.0 Å². The summed E-state index contributed by atoms with van der Waals surface area (Å²) in [6.07, 6.45) is -0.622. The maximum atomic E-state index is 13.7. The molecule has 0 radical (unpaired) electrons. The summed E-state index contributed by atoms with van der Waals surface area (Å²) in [7, 11) is 0. The maximum Gasteiger partial charge on any atom is 0.331 e. The van der Waals surface area contributed by atoms with E-state index in [2.05, 4.69) is 21.2 Å². The van der Waals surface area contributed by atoms with Crippen LogP contribution >= 0.6 is 27.7 Å². The van der Waals surface area contributed by atoms with Crippen molar-refractivity contribution in [2.75, 3.05) is 12.4 Å². The van der Waals surface area contributed by atoms with E-state index < -0.39 is 34.4 Å². The Morgan fingerprint density at radius 2 is 1.55 bits per heavy atom. The Hall–Kier alpha value is -3.30. The lowest BCUT2D eigenvalue weighted by Gasteiger charge is -2.56. The fourth-order valence-corrected chi connectivity index (χ4v) is 6.91. The summed E-state index contributed by atoms with van der Waals surface area (Å²) in [6, 6.07) is 26.5. The van der Waals surface area contributed by atoms with Crippen LogP contribution < -0.4 is 10.1 Å². The number of rotatable bonds is 8. The molecule has 3 aromatic rings. The number of fused-ring (bicyclic) bond motifs is 1. The third-order valence-electron chi connectivity index (χ3n) is 6.56. The number of ether oxygens (including phenoxy) is 2. The Morgan fingerprint density at radius 1 is 1.00 bits per heavy atom. The molecule has 2 saturated heterocycles. The molecule has 4 atom stereocenters. The summed E-state index contributed by atoms with van der Waals surface area (Å²) in [5.74, 6) is -0.0978. The first kappa shape index (κ1) is 26.3. The van der Waals surface area contributed by atoms with Gasteiger partial charge in [-0.15, -0.1) is 11.8 Å². The molecule has 2 amide bonds. The lowest BCUT2D eigenvalue weighted by molar-refractivity contribution is -0.169. The lowest BCUT2D eigenvalue weighted by atomic mass is 9.94. The first-order valence-corrected chi connectivity index (χ1v) is 14.1. The van der Waals surface area contributed by atoms with Crippen molar-refractivity contribution in [2.45, 2.75) is 34.8 Å². The smallest absolute Gasteiger partial charge is 0.331 e. The first-order chi connectivity index (χ1) is 18.3. The summed E-state index contributed by atoms with van der Waals surface area (Å²) in [5.41, 5.74) is 1.67. The van der Waals surface area contributed by atoms with Gasteiger partial charge in [0.05, 0.1) is 4.32 Å². The number of nitrogens with zero attached hydrogens (tertiary/aromatic N) is 1. The zero-order valence-electron chi connectivity index (χ0n) is 20.7. The topological polar surface area (TPSA) is 84.9 Å². The summed E-state index contributed by atoms with van der Waals surface area (Å²) in [6.45, 7) is 1.68.